The largest absolute Gasteiger partial charge is 0.480 e. The number of likely N-dealkylation sites (tertiary alicyclic amines) is 1. The number of carbonyl (C=O) groups is 2. The first-order chi connectivity index (χ1) is 16.0. The number of hydrazone groups is 1. The van der Waals surface area contributed by atoms with Gasteiger partial charge in [0.05, 0.1) is 18.0 Å². The number of carbonyl (C=O) groups excluding carboxylic acids is 1. The van der Waals surface area contributed by atoms with Gasteiger partial charge < -0.3 is 24.5 Å². The predicted octanol–water partition coefficient (Wildman–Crippen LogP) is 0.853. The normalized spacial score (nSPS) is 22.5. The number of likely N-dealkylation sites (N-methyl/N-ethyl adjacent to an activating group) is 1. The predicted molar refractivity (Wildman–Crippen MR) is 122 cm³/mol. The molecule has 0 bridgehead atoms. The van der Waals surface area contributed by atoms with Crippen LogP contribution in [0.25, 0.3) is 0 Å². The summed E-state index contributed by atoms with van der Waals surface area (Å²) in [5.74, 6) is -1.06. The maximum atomic E-state index is 12.8. The Kier molecular flexibility index (Phi) is 7.56. The molecule has 1 N–H and O–H groups in total. The molecule has 1 atom stereocenters. The Morgan fingerprint density at radius 2 is 1.85 bits per heavy atom. The van der Waals surface area contributed by atoms with Gasteiger partial charge in [0.2, 0.25) is 6.10 Å². The number of carboxylic acid groups (broad SMARTS) is 1. The molecule has 1 amide bonds. The number of piperazine rings is 1. The Bertz CT molecular complexity index is 887. The van der Waals surface area contributed by atoms with E-state index < -0.39 is 12.1 Å². The highest BCUT2D eigenvalue weighted by atomic mass is 16.6. The Morgan fingerprint density at radius 1 is 1.15 bits per heavy atom. The monoisotopic (exact) mass is 457 g/mol. The number of benzene rings is 1. The summed E-state index contributed by atoms with van der Waals surface area (Å²) < 4.78 is 5.33. The number of hydrogen-bond acceptors (Lipinski definition) is 8. The van der Waals surface area contributed by atoms with Crippen LogP contribution in [0.4, 0.5) is 0 Å². The van der Waals surface area contributed by atoms with E-state index >= 15 is 0 Å². The fourth-order valence-corrected chi connectivity index (χ4v) is 4.14. The van der Waals surface area contributed by atoms with Gasteiger partial charge in [-0.1, -0.05) is 29.4 Å². The van der Waals surface area contributed by atoms with Crippen LogP contribution in [0.2, 0.25) is 0 Å². The van der Waals surface area contributed by atoms with Crippen molar-refractivity contribution in [1.29, 1.82) is 0 Å². The number of carboxylic acids is 1. The summed E-state index contributed by atoms with van der Waals surface area (Å²) in [4.78, 5) is 33.0. The van der Waals surface area contributed by atoms with Crippen molar-refractivity contribution in [2.24, 2.45) is 10.3 Å². The van der Waals surface area contributed by atoms with Gasteiger partial charge in [-0.15, -0.1) is 0 Å². The number of piperidine rings is 1. The molecular formula is C23H31N5O5. The van der Waals surface area contributed by atoms with E-state index in [1.54, 1.807) is 4.90 Å². The van der Waals surface area contributed by atoms with E-state index in [0.717, 1.165) is 43.0 Å². The maximum Gasteiger partial charge on any atom is 0.329 e. The highest BCUT2D eigenvalue weighted by molar-refractivity contribution is 6.04. The summed E-state index contributed by atoms with van der Waals surface area (Å²) in [5, 5.41) is 19.5. The van der Waals surface area contributed by atoms with Crippen LogP contribution in [0.15, 0.2) is 34.5 Å². The van der Waals surface area contributed by atoms with Crippen molar-refractivity contribution in [3.63, 3.8) is 0 Å². The van der Waals surface area contributed by atoms with Crippen LogP contribution in [0, 0.1) is 0 Å². The average molecular weight is 458 g/mol. The Hall–Kier alpha value is -2.98. The zero-order chi connectivity index (χ0) is 23.2. The molecule has 0 radical (unpaired) electrons. The first-order valence-corrected chi connectivity index (χ1v) is 11.4. The van der Waals surface area contributed by atoms with Crippen molar-refractivity contribution in [2.75, 3.05) is 52.9 Å². The van der Waals surface area contributed by atoms with Gasteiger partial charge in [0.15, 0.2) is 0 Å². The van der Waals surface area contributed by atoms with Gasteiger partial charge in [-0.25, -0.2) is 4.79 Å². The Labute approximate surface area is 193 Å². The third-order valence-electron chi connectivity index (χ3n) is 6.23. The number of amides is 1. The number of oxime groups is 1. The Morgan fingerprint density at radius 3 is 2.52 bits per heavy atom. The van der Waals surface area contributed by atoms with Crippen molar-refractivity contribution < 1.29 is 24.3 Å². The Balaban J connectivity index is 1.24. The minimum absolute atomic E-state index is 0.0821. The van der Waals surface area contributed by atoms with Gasteiger partial charge >= 0.3 is 5.97 Å². The molecule has 33 heavy (non-hydrogen) atoms. The van der Waals surface area contributed by atoms with Crippen molar-refractivity contribution in [1.82, 2.24) is 14.8 Å². The highest BCUT2D eigenvalue weighted by Gasteiger charge is 2.34. The number of rotatable bonds is 7. The molecule has 0 spiro atoms. The van der Waals surface area contributed by atoms with Crippen molar-refractivity contribution in [2.45, 2.75) is 31.5 Å². The fourth-order valence-electron chi connectivity index (χ4n) is 4.14. The van der Waals surface area contributed by atoms with Crippen molar-refractivity contribution >= 4 is 23.8 Å². The van der Waals surface area contributed by atoms with E-state index in [-0.39, 0.29) is 18.6 Å². The highest BCUT2D eigenvalue weighted by Crippen LogP contribution is 2.21. The lowest BCUT2D eigenvalue weighted by molar-refractivity contribution is -0.149. The molecule has 10 nitrogen and oxygen atoms in total. The lowest BCUT2D eigenvalue weighted by atomic mass is 10.0. The average Bonchev–Trinajstić information content (AvgIpc) is 3.33. The zero-order valence-corrected chi connectivity index (χ0v) is 18.9. The van der Waals surface area contributed by atoms with Crippen LogP contribution in [0.3, 0.4) is 0 Å². The smallest absolute Gasteiger partial charge is 0.329 e. The van der Waals surface area contributed by atoms with E-state index in [2.05, 4.69) is 27.2 Å². The molecule has 1 aromatic carbocycles. The van der Waals surface area contributed by atoms with E-state index in [1.165, 1.54) is 0 Å². The standard InChI is InChI=1S/C23H31N5O5/c1-26-10-12-28(13-11-26)24-15-17-2-4-18(5-3-17)20-14-21(33-25-20)23(31)27-8-6-19(7-9-27)32-16-22(29)30/h2-5,15,19,21H,6-14,16H2,1H3,(H,29,30). The van der Waals surface area contributed by atoms with Gasteiger partial charge in [0.25, 0.3) is 5.91 Å². The van der Waals surface area contributed by atoms with Crippen LogP contribution in [0.1, 0.15) is 30.4 Å². The van der Waals surface area contributed by atoms with Crippen molar-refractivity contribution in [3.8, 4) is 0 Å². The summed E-state index contributed by atoms with van der Waals surface area (Å²) in [6.07, 6.45) is 2.81. The first-order valence-electron chi connectivity index (χ1n) is 11.4. The molecule has 3 aliphatic heterocycles. The lowest BCUT2D eigenvalue weighted by Crippen LogP contribution is -2.45. The molecule has 0 saturated carbocycles. The second kappa shape index (κ2) is 10.8. The summed E-state index contributed by atoms with van der Waals surface area (Å²) in [6, 6.07) is 7.94. The summed E-state index contributed by atoms with van der Waals surface area (Å²) >= 11 is 0. The molecule has 2 fully saturated rings. The molecule has 1 aromatic rings. The quantitative estimate of drug-likeness (QED) is 0.605. The molecular weight excluding hydrogens is 426 g/mol. The minimum atomic E-state index is -0.979. The molecule has 178 valence electrons. The number of aliphatic carboxylic acids is 1. The first kappa shape index (κ1) is 23.2. The molecule has 0 aliphatic carbocycles. The lowest BCUT2D eigenvalue weighted by Gasteiger charge is -2.32. The third kappa shape index (κ3) is 6.29. The zero-order valence-electron chi connectivity index (χ0n) is 18.9. The maximum absolute atomic E-state index is 12.8. The van der Waals surface area contributed by atoms with E-state index in [1.807, 2.05) is 30.5 Å². The van der Waals surface area contributed by atoms with Gasteiger partial charge in [0.1, 0.15) is 6.61 Å². The minimum Gasteiger partial charge on any atom is -0.480 e. The second-order valence-corrected chi connectivity index (χ2v) is 8.69. The van der Waals surface area contributed by atoms with E-state index in [4.69, 9.17) is 14.7 Å². The van der Waals surface area contributed by atoms with E-state index in [0.29, 0.717) is 32.4 Å². The summed E-state index contributed by atoms with van der Waals surface area (Å²) in [5.41, 5.74) is 2.70. The number of ether oxygens (including phenoxy) is 1. The molecule has 4 rings (SSSR count). The summed E-state index contributed by atoms with van der Waals surface area (Å²) in [7, 11) is 2.12. The van der Waals surface area contributed by atoms with Crippen LogP contribution < -0.4 is 0 Å². The third-order valence-corrected chi connectivity index (χ3v) is 6.23. The number of hydrogen-bond donors (Lipinski definition) is 1. The van der Waals surface area contributed by atoms with Crippen LogP contribution in [-0.4, -0.2) is 109 Å². The van der Waals surface area contributed by atoms with Crippen LogP contribution in [-0.2, 0) is 19.2 Å². The molecule has 1 unspecified atom stereocenters. The van der Waals surface area contributed by atoms with Gasteiger partial charge in [-0.3, -0.25) is 9.80 Å². The second-order valence-electron chi connectivity index (χ2n) is 8.69. The molecule has 2 saturated heterocycles. The fraction of sp³-hybridized carbons (Fsp3) is 0.565. The van der Waals surface area contributed by atoms with Gasteiger partial charge in [0, 0.05) is 45.7 Å². The summed E-state index contributed by atoms with van der Waals surface area (Å²) in [6.45, 7) is 4.66. The molecule has 10 heteroatoms. The SMILES string of the molecule is CN1CCN(N=Cc2ccc(C3=NOC(C(=O)N4CCC(OCC(=O)O)CC4)C3)cc2)CC1. The number of nitrogens with zero attached hydrogens (tertiary/aromatic N) is 5. The van der Waals surface area contributed by atoms with Gasteiger partial charge in [-0.2, -0.15) is 5.10 Å². The molecule has 3 heterocycles. The molecule has 3 aliphatic rings. The topological polar surface area (TPSA) is 107 Å². The van der Waals surface area contributed by atoms with Crippen LogP contribution >= 0.6 is 0 Å². The van der Waals surface area contributed by atoms with Crippen LogP contribution in [0.5, 0.6) is 0 Å². The van der Waals surface area contributed by atoms with Gasteiger partial charge in [-0.05, 0) is 31.0 Å². The van der Waals surface area contributed by atoms with Crippen molar-refractivity contribution in [3.05, 3.63) is 35.4 Å². The molecule has 0 aromatic heterocycles. The van der Waals surface area contributed by atoms with E-state index in [9.17, 15) is 9.59 Å².